The van der Waals surface area contributed by atoms with Crippen LogP contribution in [0, 0.1) is 0 Å². The van der Waals surface area contributed by atoms with Gasteiger partial charge in [0.05, 0.1) is 12.5 Å². The third-order valence-corrected chi connectivity index (χ3v) is 0.499. The van der Waals surface area contributed by atoms with Gasteiger partial charge in [0, 0.05) is 13.8 Å². The van der Waals surface area contributed by atoms with Gasteiger partial charge in [0.1, 0.15) is 0 Å². The number of carbonyl (C=O) groups excluding carboxylic acids is 2. The molecule has 4 heteroatoms. The molecular weight excluding hydrogens is 160 g/mol. The summed E-state index contributed by atoms with van der Waals surface area (Å²) >= 11 is 0. The Morgan fingerprint density at radius 1 is 1.00 bits per heavy atom. The molecule has 0 amide bonds. The molecule has 0 fully saturated rings. The van der Waals surface area contributed by atoms with Crippen molar-refractivity contribution < 1.29 is 19.1 Å². The summed E-state index contributed by atoms with van der Waals surface area (Å²) in [5, 5.41) is 0. The van der Waals surface area contributed by atoms with Crippen LogP contribution in [0.3, 0.4) is 0 Å². The van der Waals surface area contributed by atoms with Crippen LogP contribution in [0.15, 0.2) is 25.7 Å². The largest absolute Gasteiger partial charge is 0.435 e. The van der Waals surface area contributed by atoms with Gasteiger partial charge in [-0.25, -0.2) is 0 Å². The van der Waals surface area contributed by atoms with E-state index in [-0.39, 0.29) is 11.9 Å². The molecule has 0 radical (unpaired) electrons. The van der Waals surface area contributed by atoms with E-state index in [4.69, 9.17) is 0 Å². The van der Waals surface area contributed by atoms with Crippen LogP contribution >= 0.6 is 0 Å². The normalized spacial score (nSPS) is 6.83. The molecule has 0 aliphatic rings. The van der Waals surface area contributed by atoms with Gasteiger partial charge in [-0.2, -0.15) is 0 Å². The van der Waals surface area contributed by atoms with E-state index in [1.165, 1.54) is 13.8 Å². The van der Waals surface area contributed by atoms with E-state index in [9.17, 15) is 9.59 Å². The molecule has 0 aliphatic carbocycles. The summed E-state index contributed by atoms with van der Waals surface area (Å²) in [5.41, 5.74) is 0. The fraction of sp³-hybridized carbons (Fsp3) is 0.250. The Bertz CT molecular complexity index is 152. The Balaban J connectivity index is 0. The highest BCUT2D eigenvalue weighted by Crippen LogP contribution is 1.70. The van der Waals surface area contributed by atoms with E-state index in [0.717, 1.165) is 12.5 Å². The number of ether oxygens (including phenoxy) is 2. The van der Waals surface area contributed by atoms with E-state index < -0.39 is 0 Å². The lowest BCUT2D eigenvalue weighted by Crippen LogP contribution is -1.87. The predicted octanol–water partition coefficient (Wildman–Crippen LogP) is 1.39. The highest BCUT2D eigenvalue weighted by atomic mass is 16.5. The van der Waals surface area contributed by atoms with Gasteiger partial charge in [-0.15, -0.1) is 0 Å². The molecule has 0 rings (SSSR count). The zero-order valence-corrected chi connectivity index (χ0v) is 7.20. The van der Waals surface area contributed by atoms with Crippen molar-refractivity contribution in [2.75, 3.05) is 0 Å². The van der Waals surface area contributed by atoms with Crippen LogP contribution in [0.4, 0.5) is 0 Å². The Morgan fingerprint density at radius 3 is 1.25 bits per heavy atom. The summed E-state index contributed by atoms with van der Waals surface area (Å²) in [5.74, 6) is -0.657. The van der Waals surface area contributed by atoms with E-state index in [2.05, 4.69) is 22.6 Å². The Labute approximate surface area is 71.5 Å². The molecule has 0 saturated carbocycles. The van der Waals surface area contributed by atoms with Crippen molar-refractivity contribution in [3.05, 3.63) is 25.7 Å². The maximum atomic E-state index is 9.75. The van der Waals surface area contributed by atoms with Gasteiger partial charge in [-0.05, 0) is 0 Å². The SMILES string of the molecule is C=COC(C)=O.C=COC(C)=O. The molecule has 0 atom stereocenters. The van der Waals surface area contributed by atoms with Gasteiger partial charge >= 0.3 is 11.9 Å². The second-order valence-electron chi connectivity index (χ2n) is 1.55. The molecule has 12 heavy (non-hydrogen) atoms. The standard InChI is InChI=1S/2C4H6O2/c2*1-3-6-4(2)5/h2*3H,1H2,2H3. The molecule has 0 saturated heterocycles. The third-order valence-electron chi connectivity index (χ3n) is 0.499. The van der Waals surface area contributed by atoms with Crippen molar-refractivity contribution >= 4 is 11.9 Å². The van der Waals surface area contributed by atoms with Gasteiger partial charge < -0.3 is 9.47 Å². The molecule has 68 valence electrons. The van der Waals surface area contributed by atoms with Crippen LogP contribution in [-0.4, -0.2) is 11.9 Å². The molecule has 0 heterocycles. The van der Waals surface area contributed by atoms with Crippen molar-refractivity contribution in [1.29, 1.82) is 0 Å². The van der Waals surface area contributed by atoms with Crippen LogP contribution in [-0.2, 0) is 19.1 Å². The second-order valence-corrected chi connectivity index (χ2v) is 1.55. The monoisotopic (exact) mass is 172 g/mol. The van der Waals surface area contributed by atoms with Crippen molar-refractivity contribution in [3.8, 4) is 0 Å². The van der Waals surface area contributed by atoms with Gasteiger partial charge in [-0.3, -0.25) is 9.59 Å². The van der Waals surface area contributed by atoms with Gasteiger partial charge in [0.25, 0.3) is 0 Å². The quantitative estimate of drug-likeness (QED) is 0.466. The van der Waals surface area contributed by atoms with Crippen molar-refractivity contribution in [3.63, 3.8) is 0 Å². The number of hydrogen-bond donors (Lipinski definition) is 0. The number of carbonyl (C=O) groups is 2. The first-order chi connectivity index (χ1) is 5.54. The van der Waals surface area contributed by atoms with Gasteiger partial charge in [-0.1, -0.05) is 13.2 Å². The zero-order chi connectivity index (χ0) is 9.98. The second kappa shape index (κ2) is 9.42. The lowest BCUT2D eigenvalue weighted by Gasteiger charge is -1.83. The first kappa shape index (κ1) is 13.0. The van der Waals surface area contributed by atoms with Crippen LogP contribution in [0.25, 0.3) is 0 Å². The predicted molar refractivity (Wildman–Crippen MR) is 43.9 cm³/mol. The van der Waals surface area contributed by atoms with Crippen molar-refractivity contribution in [2.24, 2.45) is 0 Å². The molecule has 0 aliphatic heterocycles. The summed E-state index contributed by atoms with van der Waals surface area (Å²) in [7, 11) is 0. The van der Waals surface area contributed by atoms with E-state index >= 15 is 0 Å². The van der Waals surface area contributed by atoms with E-state index in [1.807, 2.05) is 0 Å². The minimum atomic E-state index is -0.329. The van der Waals surface area contributed by atoms with Crippen LogP contribution in [0.5, 0.6) is 0 Å². The lowest BCUT2D eigenvalue weighted by atomic mass is 10.8. The molecule has 0 N–H and O–H groups in total. The average Bonchev–Trinajstić information content (AvgIpc) is 1.87. The van der Waals surface area contributed by atoms with Crippen LogP contribution in [0.2, 0.25) is 0 Å². The van der Waals surface area contributed by atoms with Crippen LogP contribution < -0.4 is 0 Å². The summed E-state index contributed by atoms with van der Waals surface area (Å²) < 4.78 is 8.33. The zero-order valence-electron chi connectivity index (χ0n) is 7.20. The molecule has 4 nitrogen and oxygen atoms in total. The lowest BCUT2D eigenvalue weighted by molar-refractivity contribution is -0.136. The van der Waals surface area contributed by atoms with Crippen LogP contribution in [0.1, 0.15) is 13.8 Å². The summed E-state index contributed by atoms with van der Waals surface area (Å²) in [6.07, 6.45) is 2.20. The first-order valence-corrected chi connectivity index (χ1v) is 3.10. The fourth-order valence-electron chi connectivity index (χ4n) is 0.235. The van der Waals surface area contributed by atoms with Gasteiger partial charge in [0.15, 0.2) is 0 Å². The highest BCUT2D eigenvalue weighted by Gasteiger charge is 1.79. The first-order valence-electron chi connectivity index (χ1n) is 3.10. The molecule has 0 bridgehead atoms. The summed E-state index contributed by atoms with van der Waals surface area (Å²) in [4.78, 5) is 19.5. The minimum absolute atomic E-state index is 0.329. The summed E-state index contributed by atoms with van der Waals surface area (Å²) in [6.45, 7) is 8.96. The Kier molecular flexibility index (Phi) is 10.2. The van der Waals surface area contributed by atoms with Crippen molar-refractivity contribution in [2.45, 2.75) is 13.8 Å². The minimum Gasteiger partial charge on any atom is -0.435 e. The van der Waals surface area contributed by atoms with Gasteiger partial charge in [0.2, 0.25) is 0 Å². The van der Waals surface area contributed by atoms with E-state index in [1.54, 1.807) is 0 Å². The number of esters is 2. The molecule has 0 spiro atoms. The number of hydrogen-bond acceptors (Lipinski definition) is 4. The fourth-order valence-corrected chi connectivity index (χ4v) is 0.235. The topological polar surface area (TPSA) is 52.6 Å². The molecule has 0 aromatic rings. The smallest absolute Gasteiger partial charge is 0.307 e. The number of rotatable bonds is 2. The highest BCUT2D eigenvalue weighted by molar-refractivity contribution is 5.66. The molecule has 0 aromatic heterocycles. The summed E-state index contributed by atoms with van der Waals surface area (Å²) in [6, 6.07) is 0. The third kappa shape index (κ3) is 23.7. The maximum Gasteiger partial charge on any atom is 0.307 e. The average molecular weight is 172 g/mol. The molecule has 0 unspecified atom stereocenters. The maximum absolute atomic E-state index is 9.75. The molecular formula is C8H12O4. The molecule has 0 aromatic carbocycles. The Morgan fingerprint density at radius 2 is 1.25 bits per heavy atom. The Hall–Kier alpha value is -1.58. The van der Waals surface area contributed by atoms with E-state index in [0.29, 0.717) is 0 Å². The van der Waals surface area contributed by atoms with Crippen molar-refractivity contribution in [1.82, 2.24) is 0 Å².